The fourth-order valence-electron chi connectivity index (χ4n) is 2.89. The minimum absolute atomic E-state index is 0.00663. The highest BCUT2D eigenvalue weighted by atomic mass is 32.2. The number of aryl methyl sites for hydroxylation is 2. The molecule has 0 aromatic carbocycles. The molecule has 0 atom stereocenters. The Morgan fingerprint density at radius 1 is 1.36 bits per heavy atom. The van der Waals surface area contributed by atoms with Gasteiger partial charge in [-0.25, -0.2) is 4.98 Å². The first-order valence-electron chi connectivity index (χ1n) is 8.53. The summed E-state index contributed by atoms with van der Waals surface area (Å²) in [4.78, 5) is 32.2. The number of thiophene rings is 1. The highest BCUT2D eigenvalue weighted by Crippen LogP contribution is 2.35. The number of carbonyl (C=O) groups is 1. The van der Waals surface area contributed by atoms with Crippen LogP contribution >= 0.6 is 23.1 Å². The molecule has 1 aliphatic carbocycles. The lowest BCUT2D eigenvalue weighted by Gasteiger charge is -2.17. The molecule has 3 rings (SSSR count). The van der Waals surface area contributed by atoms with Gasteiger partial charge >= 0.3 is 0 Å². The van der Waals surface area contributed by atoms with E-state index >= 15 is 0 Å². The number of aromatic nitrogens is 2. The number of thioether (sulfide) groups is 1. The predicted molar refractivity (Wildman–Crippen MR) is 103 cm³/mol. The number of ether oxygens (including phenoxy) is 1. The van der Waals surface area contributed by atoms with E-state index in [-0.39, 0.29) is 11.3 Å². The van der Waals surface area contributed by atoms with Crippen LogP contribution in [0.4, 0.5) is 0 Å². The van der Waals surface area contributed by atoms with Crippen molar-refractivity contribution in [3.8, 4) is 0 Å². The molecule has 0 unspecified atom stereocenters. The van der Waals surface area contributed by atoms with E-state index in [1.165, 1.54) is 22.2 Å². The number of ketones is 1. The van der Waals surface area contributed by atoms with E-state index in [4.69, 9.17) is 9.72 Å². The van der Waals surface area contributed by atoms with Gasteiger partial charge in [0.2, 0.25) is 0 Å². The highest BCUT2D eigenvalue weighted by Gasteiger charge is 2.25. The molecule has 0 N–H and O–H groups in total. The van der Waals surface area contributed by atoms with Crippen molar-refractivity contribution in [3.63, 3.8) is 0 Å². The van der Waals surface area contributed by atoms with Gasteiger partial charge in [-0.15, -0.1) is 11.3 Å². The minimum atomic E-state index is -0.390. The minimum Gasteiger partial charge on any atom is -0.383 e. The topological polar surface area (TPSA) is 61.2 Å². The van der Waals surface area contributed by atoms with Crippen LogP contribution in [-0.4, -0.2) is 34.8 Å². The van der Waals surface area contributed by atoms with Crippen molar-refractivity contribution >= 4 is 39.1 Å². The fourth-order valence-corrected chi connectivity index (χ4v) is 5.38. The smallest absolute Gasteiger partial charge is 0.263 e. The van der Waals surface area contributed by atoms with Gasteiger partial charge in [-0.2, -0.15) is 0 Å². The number of rotatable bonds is 6. The molecule has 0 spiro atoms. The molecule has 0 saturated carbocycles. The number of fused-ring (bicyclic) bond motifs is 3. The number of hydrogen-bond donors (Lipinski definition) is 0. The number of methoxy groups -OCH3 is 1. The summed E-state index contributed by atoms with van der Waals surface area (Å²) in [6, 6.07) is 0. The Hall–Kier alpha value is -1.18. The van der Waals surface area contributed by atoms with Crippen molar-refractivity contribution in [1.82, 2.24) is 9.55 Å². The molecule has 5 nitrogen and oxygen atoms in total. The summed E-state index contributed by atoms with van der Waals surface area (Å²) in [7, 11) is 1.62. The summed E-state index contributed by atoms with van der Waals surface area (Å²) in [5, 5.41) is 1.40. The molecule has 7 heteroatoms. The molecule has 0 radical (unpaired) electrons. The van der Waals surface area contributed by atoms with Gasteiger partial charge in [0.25, 0.3) is 5.56 Å². The van der Waals surface area contributed by atoms with Crippen LogP contribution in [0, 0.1) is 5.41 Å². The van der Waals surface area contributed by atoms with Crippen LogP contribution in [0.15, 0.2) is 9.95 Å². The summed E-state index contributed by atoms with van der Waals surface area (Å²) in [6.07, 6.45) is 3.12. The molecule has 0 amide bonds. The molecule has 25 heavy (non-hydrogen) atoms. The second-order valence-electron chi connectivity index (χ2n) is 7.34. The van der Waals surface area contributed by atoms with Crippen molar-refractivity contribution < 1.29 is 9.53 Å². The number of Topliss-reactive ketones (excluding diaryl/α,β-unsaturated/α-hetero) is 1. The largest absolute Gasteiger partial charge is 0.383 e. The molecule has 0 fully saturated rings. The maximum Gasteiger partial charge on any atom is 0.263 e. The SMILES string of the molecule is COCCn1c(SCC(=O)C(C)(C)C)nc2sc3c(c2c1=O)CCC3. The first-order chi connectivity index (χ1) is 11.8. The van der Waals surface area contributed by atoms with E-state index in [2.05, 4.69) is 0 Å². The Balaban J connectivity index is 2.01. The molecule has 2 aromatic heterocycles. The zero-order valence-corrected chi connectivity index (χ0v) is 16.8. The molecule has 0 saturated heterocycles. The van der Waals surface area contributed by atoms with Crippen molar-refractivity contribution in [3.05, 3.63) is 20.8 Å². The molecule has 2 aromatic rings. The van der Waals surface area contributed by atoms with Gasteiger partial charge in [-0.05, 0) is 24.8 Å². The Labute approximate surface area is 155 Å². The molecular weight excluding hydrogens is 356 g/mol. The summed E-state index contributed by atoms with van der Waals surface area (Å²) in [6.45, 7) is 6.63. The second kappa shape index (κ2) is 7.21. The van der Waals surface area contributed by atoms with Crippen LogP contribution < -0.4 is 5.56 Å². The molecule has 0 aliphatic heterocycles. The number of carbonyl (C=O) groups excluding carboxylic acids is 1. The van der Waals surface area contributed by atoms with Crippen molar-refractivity contribution in [2.24, 2.45) is 5.41 Å². The monoisotopic (exact) mass is 380 g/mol. The van der Waals surface area contributed by atoms with E-state index in [0.29, 0.717) is 24.1 Å². The predicted octanol–water partition coefficient (Wildman–Crippen LogP) is 3.30. The van der Waals surface area contributed by atoms with Crippen LogP contribution in [0.1, 0.15) is 37.6 Å². The van der Waals surface area contributed by atoms with Crippen LogP contribution in [-0.2, 0) is 28.9 Å². The summed E-state index contributed by atoms with van der Waals surface area (Å²) < 4.78 is 6.84. The van der Waals surface area contributed by atoms with Gasteiger partial charge in [0.1, 0.15) is 10.6 Å². The average molecular weight is 381 g/mol. The third-order valence-corrected chi connectivity index (χ3v) is 6.64. The van der Waals surface area contributed by atoms with Gasteiger partial charge in [-0.3, -0.25) is 14.2 Å². The van der Waals surface area contributed by atoms with Gasteiger partial charge in [0, 0.05) is 17.4 Å². The first kappa shape index (κ1) is 18.6. The molecular formula is C18H24N2O3S2. The summed E-state index contributed by atoms with van der Waals surface area (Å²) >= 11 is 2.99. The van der Waals surface area contributed by atoms with Crippen LogP contribution in [0.5, 0.6) is 0 Å². The van der Waals surface area contributed by atoms with E-state index < -0.39 is 5.41 Å². The van der Waals surface area contributed by atoms with E-state index in [1.807, 2.05) is 20.8 Å². The van der Waals surface area contributed by atoms with Crippen LogP contribution in [0.25, 0.3) is 10.2 Å². The Morgan fingerprint density at radius 3 is 2.80 bits per heavy atom. The molecule has 136 valence electrons. The standard InChI is InChI=1S/C18H24N2O3S2/c1-18(2,3)13(21)10-24-17-19-15-14(11-6-5-7-12(11)25-15)16(22)20(17)8-9-23-4/h5-10H2,1-4H3. The molecule has 0 bridgehead atoms. The van der Waals surface area contributed by atoms with Gasteiger partial charge in [0.15, 0.2) is 5.16 Å². The zero-order valence-electron chi connectivity index (χ0n) is 15.2. The van der Waals surface area contributed by atoms with E-state index in [9.17, 15) is 9.59 Å². The lowest BCUT2D eigenvalue weighted by atomic mass is 9.92. The van der Waals surface area contributed by atoms with E-state index in [1.54, 1.807) is 23.0 Å². The Kier molecular flexibility index (Phi) is 5.37. The van der Waals surface area contributed by atoms with Crippen molar-refractivity contribution in [1.29, 1.82) is 0 Å². The molecule has 1 aliphatic rings. The van der Waals surface area contributed by atoms with Gasteiger partial charge < -0.3 is 4.74 Å². The second-order valence-corrected chi connectivity index (χ2v) is 9.37. The Morgan fingerprint density at radius 2 is 2.12 bits per heavy atom. The Bertz CT molecular complexity index is 862. The fraction of sp³-hybridized carbons (Fsp3) is 0.611. The summed E-state index contributed by atoms with van der Waals surface area (Å²) in [5.41, 5.74) is 0.803. The average Bonchev–Trinajstić information content (AvgIpc) is 3.11. The first-order valence-corrected chi connectivity index (χ1v) is 10.3. The van der Waals surface area contributed by atoms with Crippen molar-refractivity contribution in [2.45, 2.75) is 51.7 Å². The lowest BCUT2D eigenvalue weighted by Crippen LogP contribution is -2.27. The quantitative estimate of drug-likeness (QED) is 0.568. The van der Waals surface area contributed by atoms with Crippen LogP contribution in [0.2, 0.25) is 0 Å². The lowest BCUT2D eigenvalue weighted by molar-refractivity contribution is -0.123. The van der Waals surface area contributed by atoms with Crippen molar-refractivity contribution in [2.75, 3.05) is 19.5 Å². The number of nitrogens with zero attached hydrogens (tertiary/aromatic N) is 2. The maximum absolute atomic E-state index is 13.1. The number of hydrogen-bond acceptors (Lipinski definition) is 6. The summed E-state index contributed by atoms with van der Waals surface area (Å²) in [5.74, 6) is 0.471. The third kappa shape index (κ3) is 3.68. The van der Waals surface area contributed by atoms with Gasteiger partial charge in [-0.1, -0.05) is 32.5 Å². The third-order valence-electron chi connectivity index (χ3n) is 4.48. The normalized spacial score (nSPS) is 14.2. The van der Waals surface area contributed by atoms with E-state index in [0.717, 1.165) is 29.5 Å². The maximum atomic E-state index is 13.1. The van der Waals surface area contributed by atoms with Crippen LogP contribution in [0.3, 0.4) is 0 Å². The van der Waals surface area contributed by atoms with Gasteiger partial charge in [0.05, 0.1) is 24.3 Å². The molecule has 2 heterocycles. The highest BCUT2D eigenvalue weighted by molar-refractivity contribution is 7.99. The zero-order chi connectivity index (χ0) is 18.2.